The van der Waals surface area contributed by atoms with Crippen LogP contribution in [0, 0.1) is 0 Å². The van der Waals surface area contributed by atoms with Crippen molar-refractivity contribution in [3.8, 4) is 17.2 Å². The molecule has 0 radical (unpaired) electrons. The van der Waals surface area contributed by atoms with Crippen molar-refractivity contribution in [3.63, 3.8) is 0 Å². The molecular formula is C21H22O8. The molecule has 0 aliphatic carbocycles. The summed E-state index contributed by atoms with van der Waals surface area (Å²) >= 11 is 0. The molecule has 0 saturated carbocycles. The summed E-state index contributed by atoms with van der Waals surface area (Å²) in [6.45, 7) is 1.05. The second-order valence-corrected chi connectivity index (χ2v) is 6.63. The van der Waals surface area contributed by atoms with Crippen molar-refractivity contribution in [1.29, 1.82) is 0 Å². The van der Waals surface area contributed by atoms with Crippen molar-refractivity contribution < 1.29 is 39.4 Å². The number of hydrogen-bond donors (Lipinski definition) is 4. The number of carbonyl (C=O) groups is 1. The minimum absolute atomic E-state index is 0.0588. The number of benzene rings is 2. The van der Waals surface area contributed by atoms with E-state index in [-0.39, 0.29) is 23.9 Å². The molecule has 29 heavy (non-hydrogen) atoms. The zero-order valence-corrected chi connectivity index (χ0v) is 15.6. The maximum atomic E-state index is 11.0. The van der Waals surface area contributed by atoms with Crippen LogP contribution >= 0.6 is 0 Å². The standard InChI is InChI=1S/C21H22O8/c1-12(22)28-18-11-27-21(20(26)19(18)25)29-17-9-14(8-16(24)10-17)3-2-13-4-6-15(23)7-5-13/h2-10,18-21,23-26H,11H2,1H3/t18-,19+,20-,21+/m1/s1. The second kappa shape index (κ2) is 8.95. The van der Waals surface area contributed by atoms with E-state index in [1.165, 1.54) is 19.1 Å². The fourth-order valence-electron chi connectivity index (χ4n) is 2.87. The average Bonchev–Trinajstić information content (AvgIpc) is 2.67. The van der Waals surface area contributed by atoms with E-state index < -0.39 is 30.6 Å². The first kappa shape index (κ1) is 20.7. The van der Waals surface area contributed by atoms with E-state index in [0.29, 0.717) is 5.56 Å². The summed E-state index contributed by atoms with van der Waals surface area (Å²) in [6.07, 6.45) is -1.49. The van der Waals surface area contributed by atoms with Crippen molar-refractivity contribution in [2.75, 3.05) is 6.61 Å². The molecule has 0 amide bonds. The maximum Gasteiger partial charge on any atom is 0.303 e. The van der Waals surface area contributed by atoms with Crippen LogP contribution in [0.1, 0.15) is 18.1 Å². The summed E-state index contributed by atoms with van der Waals surface area (Å²) in [4.78, 5) is 11.0. The minimum Gasteiger partial charge on any atom is -0.508 e. The van der Waals surface area contributed by atoms with Gasteiger partial charge in [-0.05, 0) is 35.4 Å². The number of rotatable bonds is 5. The van der Waals surface area contributed by atoms with Gasteiger partial charge in [0.05, 0.1) is 6.61 Å². The first-order valence-electron chi connectivity index (χ1n) is 8.94. The van der Waals surface area contributed by atoms with E-state index in [1.807, 2.05) is 0 Å². The van der Waals surface area contributed by atoms with Crippen molar-refractivity contribution in [2.45, 2.75) is 31.5 Å². The smallest absolute Gasteiger partial charge is 0.303 e. The summed E-state index contributed by atoms with van der Waals surface area (Å²) < 4.78 is 15.8. The van der Waals surface area contributed by atoms with Gasteiger partial charge in [-0.3, -0.25) is 4.79 Å². The third-order valence-electron chi connectivity index (χ3n) is 4.28. The third-order valence-corrected chi connectivity index (χ3v) is 4.28. The number of aliphatic hydroxyl groups is 2. The number of aromatic hydroxyl groups is 2. The molecule has 8 nitrogen and oxygen atoms in total. The Morgan fingerprint density at radius 2 is 1.69 bits per heavy atom. The predicted octanol–water partition coefficient (Wildman–Crippen LogP) is 1.66. The summed E-state index contributed by atoms with van der Waals surface area (Å²) in [5, 5.41) is 39.6. The molecule has 0 aromatic heterocycles. The lowest BCUT2D eigenvalue weighted by Gasteiger charge is -2.36. The second-order valence-electron chi connectivity index (χ2n) is 6.63. The van der Waals surface area contributed by atoms with Crippen molar-refractivity contribution in [3.05, 3.63) is 53.6 Å². The Labute approximate surface area is 167 Å². The summed E-state index contributed by atoms with van der Waals surface area (Å²) in [6, 6.07) is 11.1. The SMILES string of the molecule is CC(=O)O[C@@H]1CO[C@@H](Oc2cc(O)cc(C=Cc3ccc(O)cc3)c2)[C@H](O)[C@H]1O. The summed E-state index contributed by atoms with van der Waals surface area (Å²) in [5.41, 5.74) is 1.47. The van der Waals surface area contributed by atoms with Crippen LogP contribution in [0.25, 0.3) is 12.2 Å². The van der Waals surface area contributed by atoms with E-state index in [9.17, 15) is 25.2 Å². The first-order valence-corrected chi connectivity index (χ1v) is 8.94. The van der Waals surface area contributed by atoms with Gasteiger partial charge in [0.25, 0.3) is 0 Å². The molecule has 2 aromatic rings. The highest BCUT2D eigenvalue weighted by Crippen LogP contribution is 2.27. The lowest BCUT2D eigenvalue weighted by molar-refractivity contribution is -0.247. The highest BCUT2D eigenvalue weighted by Gasteiger charge is 2.41. The van der Waals surface area contributed by atoms with Gasteiger partial charge in [0.2, 0.25) is 6.29 Å². The minimum atomic E-state index is -1.45. The Balaban J connectivity index is 1.70. The van der Waals surface area contributed by atoms with Crippen LogP contribution in [-0.4, -0.2) is 57.6 Å². The van der Waals surface area contributed by atoms with Crippen LogP contribution in [-0.2, 0) is 14.3 Å². The highest BCUT2D eigenvalue weighted by molar-refractivity contribution is 5.71. The molecule has 0 unspecified atom stereocenters. The molecule has 2 aromatic carbocycles. The summed E-state index contributed by atoms with van der Waals surface area (Å²) in [7, 11) is 0. The van der Waals surface area contributed by atoms with Gasteiger partial charge in [-0.15, -0.1) is 0 Å². The number of aliphatic hydroxyl groups excluding tert-OH is 2. The fraction of sp³-hybridized carbons (Fsp3) is 0.286. The van der Waals surface area contributed by atoms with E-state index >= 15 is 0 Å². The lowest BCUT2D eigenvalue weighted by atomic mass is 10.1. The molecule has 1 fully saturated rings. The van der Waals surface area contributed by atoms with Crippen molar-refractivity contribution in [1.82, 2.24) is 0 Å². The third kappa shape index (κ3) is 5.47. The molecule has 3 rings (SSSR count). The van der Waals surface area contributed by atoms with E-state index in [2.05, 4.69) is 0 Å². The number of ether oxygens (including phenoxy) is 3. The van der Waals surface area contributed by atoms with Gasteiger partial charge in [-0.2, -0.15) is 0 Å². The van der Waals surface area contributed by atoms with Gasteiger partial charge in [0.1, 0.15) is 29.5 Å². The largest absolute Gasteiger partial charge is 0.508 e. The Bertz CT molecular complexity index is 877. The van der Waals surface area contributed by atoms with Crippen LogP contribution in [0.4, 0.5) is 0 Å². The van der Waals surface area contributed by atoms with Crippen LogP contribution in [0.15, 0.2) is 42.5 Å². The highest BCUT2D eigenvalue weighted by atomic mass is 16.7. The number of phenolic OH excluding ortho intramolecular Hbond substituents is 2. The molecule has 154 valence electrons. The van der Waals surface area contributed by atoms with Gasteiger partial charge < -0.3 is 34.6 Å². The Hall–Kier alpha value is -3.07. The Kier molecular flexibility index (Phi) is 6.38. The molecule has 4 atom stereocenters. The van der Waals surface area contributed by atoms with Crippen molar-refractivity contribution in [2.24, 2.45) is 0 Å². The molecule has 1 heterocycles. The molecule has 1 aliphatic heterocycles. The number of esters is 1. The molecule has 8 heteroatoms. The number of carbonyl (C=O) groups excluding carboxylic acids is 1. The normalized spacial score (nSPS) is 24.4. The Morgan fingerprint density at radius 1 is 1.00 bits per heavy atom. The van der Waals surface area contributed by atoms with Gasteiger partial charge in [0, 0.05) is 13.0 Å². The monoisotopic (exact) mass is 402 g/mol. The molecule has 1 saturated heterocycles. The zero-order valence-electron chi connectivity index (χ0n) is 15.6. The van der Waals surface area contributed by atoms with Crippen LogP contribution in [0.2, 0.25) is 0 Å². The quantitative estimate of drug-likeness (QED) is 0.439. The molecular weight excluding hydrogens is 380 g/mol. The molecule has 0 spiro atoms. The fourth-order valence-corrected chi connectivity index (χ4v) is 2.87. The number of hydrogen-bond acceptors (Lipinski definition) is 8. The van der Waals surface area contributed by atoms with E-state index in [4.69, 9.17) is 14.2 Å². The van der Waals surface area contributed by atoms with Gasteiger partial charge in [-0.1, -0.05) is 24.3 Å². The van der Waals surface area contributed by atoms with E-state index in [1.54, 1.807) is 42.5 Å². The topological polar surface area (TPSA) is 126 Å². The number of phenols is 2. The van der Waals surface area contributed by atoms with Gasteiger partial charge >= 0.3 is 5.97 Å². The molecule has 1 aliphatic rings. The van der Waals surface area contributed by atoms with Gasteiger partial charge in [0.15, 0.2) is 6.10 Å². The van der Waals surface area contributed by atoms with Crippen LogP contribution < -0.4 is 4.74 Å². The maximum absolute atomic E-state index is 11.0. The van der Waals surface area contributed by atoms with E-state index in [0.717, 1.165) is 5.56 Å². The van der Waals surface area contributed by atoms with Gasteiger partial charge in [-0.25, -0.2) is 0 Å². The molecule has 4 N–H and O–H groups in total. The lowest BCUT2D eigenvalue weighted by Crippen LogP contribution is -2.56. The molecule has 0 bridgehead atoms. The zero-order chi connectivity index (χ0) is 21.0. The first-order chi connectivity index (χ1) is 13.8. The Morgan fingerprint density at radius 3 is 2.38 bits per heavy atom. The van der Waals surface area contributed by atoms with Crippen molar-refractivity contribution >= 4 is 18.1 Å². The van der Waals surface area contributed by atoms with Crippen LogP contribution in [0.5, 0.6) is 17.2 Å². The van der Waals surface area contributed by atoms with Crippen LogP contribution in [0.3, 0.4) is 0 Å². The summed E-state index contributed by atoms with van der Waals surface area (Å²) in [5.74, 6) is -0.268. The average molecular weight is 402 g/mol. The predicted molar refractivity (Wildman–Crippen MR) is 103 cm³/mol.